The van der Waals surface area contributed by atoms with E-state index in [1.165, 1.54) is 19.4 Å². The third-order valence-corrected chi connectivity index (χ3v) is 4.26. The summed E-state index contributed by atoms with van der Waals surface area (Å²) in [5.74, 6) is -1.22. The molecule has 0 heterocycles. The third kappa shape index (κ3) is 6.54. The van der Waals surface area contributed by atoms with Crippen molar-refractivity contribution in [2.45, 2.75) is 45.8 Å². The minimum absolute atomic E-state index is 0.0631. The van der Waals surface area contributed by atoms with E-state index in [-0.39, 0.29) is 12.3 Å². The van der Waals surface area contributed by atoms with Crippen LogP contribution in [0, 0.1) is 0 Å². The second-order valence-corrected chi connectivity index (χ2v) is 6.54. The van der Waals surface area contributed by atoms with E-state index >= 15 is 0 Å². The van der Waals surface area contributed by atoms with Crippen LogP contribution in [0.3, 0.4) is 0 Å². The fourth-order valence-electron chi connectivity index (χ4n) is 2.72. The van der Waals surface area contributed by atoms with Gasteiger partial charge >= 0.3 is 5.97 Å². The van der Waals surface area contributed by atoms with E-state index < -0.39 is 24.0 Å². The molecule has 0 aromatic heterocycles. The highest BCUT2D eigenvalue weighted by Crippen LogP contribution is 2.18. The van der Waals surface area contributed by atoms with Crippen molar-refractivity contribution in [3.8, 4) is 0 Å². The highest BCUT2D eigenvalue weighted by atomic mass is 16.5. The zero-order valence-electron chi connectivity index (χ0n) is 16.4. The fourth-order valence-corrected chi connectivity index (χ4v) is 2.72. The molecule has 6 heteroatoms. The van der Waals surface area contributed by atoms with Gasteiger partial charge in [-0.3, -0.25) is 14.4 Å². The molecule has 2 aromatic carbocycles. The smallest absolute Gasteiger partial charge is 0.309 e. The number of carbonyl (C=O) groups excluding carboxylic acids is 3. The van der Waals surface area contributed by atoms with Crippen LogP contribution in [0.5, 0.6) is 0 Å². The van der Waals surface area contributed by atoms with Crippen LogP contribution >= 0.6 is 0 Å². The van der Waals surface area contributed by atoms with Crippen molar-refractivity contribution < 1.29 is 19.1 Å². The predicted molar refractivity (Wildman–Crippen MR) is 108 cm³/mol. The Morgan fingerprint density at radius 2 is 1.64 bits per heavy atom. The average molecular weight is 382 g/mol. The standard InChI is InChI=1S/C22H26N2O4/c1-4-17-10-12-19(13-11-17)24-22(27)15(2)28-21(26)14-20(23-16(3)25)18-8-6-5-7-9-18/h5-13,15,20H,4,14H2,1-3H3,(H,23,25)(H,24,27)/t15-,20+/m1/s1. The number of rotatable bonds is 8. The Bertz CT molecular complexity index is 803. The number of hydrogen-bond donors (Lipinski definition) is 2. The number of esters is 1. The SMILES string of the molecule is CCc1ccc(NC(=O)[C@@H](C)OC(=O)C[C@H](NC(C)=O)c2ccccc2)cc1. The number of carbonyl (C=O) groups is 3. The van der Waals surface area contributed by atoms with Crippen molar-refractivity contribution in [3.05, 3.63) is 65.7 Å². The summed E-state index contributed by atoms with van der Waals surface area (Å²) >= 11 is 0. The van der Waals surface area contributed by atoms with Crippen molar-refractivity contribution in [2.75, 3.05) is 5.32 Å². The third-order valence-electron chi connectivity index (χ3n) is 4.26. The first kappa shape index (κ1) is 21.2. The molecule has 6 nitrogen and oxygen atoms in total. The van der Waals surface area contributed by atoms with Crippen LogP contribution in [0.1, 0.15) is 44.4 Å². The Balaban J connectivity index is 1.93. The number of nitrogens with one attached hydrogen (secondary N) is 2. The summed E-state index contributed by atoms with van der Waals surface area (Å²) < 4.78 is 5.26. The minimum atomic E-state index is -0.952. The topological polar surface area (TPSA) is 84.5 Å². The highest BCUT2D eigenvalue weighted by molar-refractivity contribution is 5.95. The monoisotopic (exact) mass is 382 g/mol. The zero-order chi connectivity index (χ0) is 20.5. The number of amides is 2. The summed E-state index contributed by atoms with van der Waals surface area (Å²) in [6.07, 6.45) is -0.0990. The van der Waals surface area contributed by atoms with Gasteiger partial charge in [0, 0.05) is 12.6 Å². The molecule has 0 unspecified atom stereocenters. The van der Waals surface area contributed by atoms with E-state index in [0.717, 1.165) is 12.0 Å². The van der Waals surface area contributed by atoms with E-state index in [9.17, 15) is 14.4 Å². The van der Waals surface area contributed by atoms with E-state index in [1.807, 2.05) is 54.6 Å². The molecule has 0 saturated carbocycles. The predicted octanol–water partition coefficient (Wildman–Crippen LogP) is 3.39. The van der Waals surface area contributed by atoms with Crippen molar-refractivity contribution in [1.82, 2.24) is 5.32 Å². The lowest BCUT2D eigenvalue weighted by atomic mass is 10.0. The van der Waals surface area contributed by atoms with Gasteiger partial charge < -0.3 is 15.4 Å². The zero-order valence-corrected chi connectivity index (χ0v) is 16.4. The van der Waals surface area contributed by atoms with Gasteiger partial charge in [0.25, 0.3) is 5.91 Å². The number of hydrogen-bond acceptors (Lipinski definition) is 4. The molecule has 148 valence electrons. The van der Waals surface area contributed by atoms with Gasteiger partial charge in [0.05, 0.1) is 12.5 Å². The molecule has 2 rings (SSSR count). The second-order valence-electron chi connectivity index (χ2n) is 6.54. The maximum atomic E-state index is 12.3. The summed E-state index contributed by atoms with van der Waals surface area (Å²) in [6, 6.07) is 16.1. The van der Waals surface area contributed by atoms with Crippen LogP contribution in [0.2, 0.25) is 0 Å². The summed E-state index contributed by atoms with van der Waals surface area (Å²) in [4.78, 5) is 36.0. The van der Waals surface area contributed by atoms with Gasteiger partial charge in [-0.1, -0.05) is 49.4 Å². The highest BCUT2D eigenvalue weighted by Gasteiger charge is 2.22. The Morgan fingerprint density at radius 1 is 1.00 bits per heavy atom. The molecule has 2 atom stereocenters. The second kappa shape index (κ2) is 10.3. The lowest BCUT2D eigenvalue weighted by molar-refractivity contribution is -0.153. The summed E-state index contributed by atoms with van der Waals surface area (Å²) in [5, 5.41) is 5.47. The van der Waals surface area contributed by atoms with Gasteiger partial charge in [0.2, 0.25) is 5.91 Å². The Labute approximate surface area is 165 Å². The minimum Gasteiger partial charge on any atom is -0.452 e. The van der Waals surface area contributed by atoms with Crippen molar-refractivity contribution in [1.29, 1.82) is 0 Å². The number of anilines is 1. The van der Waals surface area contributed by atoms with E-state index in [0.29, 0.717) is 5.69 Å². The molecular weight excluding hydrogens is 356 g/mol. The van der Waals surface area contributed by atoms with Crippen LogP contribution in [0.15, 0.2) is 54.6 Å². The molecular formula is C22H26N2O4. The molecule has 2 N–H and O–H groups in total. The Kier molecular flexibility index (Phi) is 7.75. The van der Waals surface area contributed by atoms with Crippen molar-refractivity contribution in [3.63, 3.8) is 0 Å². The van der Waals surface area contributed by atoms with Gasteiger partial charge in [0.15, 0.2) is 6.10 Å². The molecule has 0 radical (unpaired) electrons. The lowest BCUT2D eigenvalue weighted by Gasteiger charge is -2.19. The number of benzene rings is 2. The molecule has 0 bridgehead atoms. The van der Waals surface area contributed by atoms with Crippen LogP contribution in [-0.4, -0.2) is 23.9 Å². The van der Waals surface area contributed by atoms with Gasteiger partial charge in [-0.25, -0.2) is 0 Å². The maximum absolute atomic E-state index is 12.3. The van der Waals surface area contributed by atoms with Crippen LogP contribution in [0.4, 0.5) is 5.69 Å². The summed E-state index contributed by atoms with van der Waals surface area (Å²) in [7, 11) is 0. The summed E-state index contributed by atoms with van der Waals surface area (Å²) in [6.45, 7) is 4.96. The quantitative estimate of drug-likeness (QED) is 0.686. The maximum Gasteiger partial charge on any atom is 0.309 e. The molecule has 0 fully saturated rings. The van der Waals surface area contributed by atoms with Crippen LogP contribution < -0.4 is 10.6 Å². The van der Waals surface area contributed by atoms with E-state index in [4.69, 9.17) is 4.74 Å². The first-order chi connectivity index (χ1) is 13.4. The number of ether oxygens (including phenoxy) is 1. The normalized spacial score (nSPS) is 12.5. The lowest BCUT2D eigenvalue weighted by Crippen LogP contribution is -2.33. The molecule has 0 aliphatic rings. The Morgan fingerprint density at radius 3 is 2.21 bits per heavy atom. The Hall–Kier alpha value is -3.15. The average Bonchev–Trinajstić information content (AvgIpc) is 2.68. The van der Waals surface area contributed by atoms with Gasteiger partial charge in [0.1, 0.15) is 0 Å². The van der Waals surface area contributed by atoms with E-state index in [1.54, 1.807) is 0 Å². The molecule has 28 heavy (non-hydrogen) atoms. The van der Waals surface area contributed by atoms with Crippen molar-refractivity contribution in [2.24, 2.45) is 0 Å². The van der Waals surface area contributed by atoms with Gasteiger partial charge in [-0.15, -0.1) is 0 Å². The largest absolute Gasteiger partial charge is 0.452 e. The van der Waals surface area contributed by atoms with Gasteiger partial charge in [-0.05, 0) is 36.6 Å². The molecule has 2 aromatic rings. The van der Waals surface area contributed by atoms with E-state index in [2.05, 4.69) is 17.6 Å². The van der Waals surface area contributed by atoms with Crippen LogP contribution in [0.25, 0.3) is 0 Å². The van der Waals surface area contributed by atoms with Crippen molar-refractivity contribution >= 4 is 23.5 Å². The van der Waals surface area contributed by atoms with Crippen LogP contribution in [-0.2, 0) is 25.5 Å². The molecule has 0 spiro atoms. The molecule has 2 amide bonds. The first-order valence-corrected chi connectivity index (χ1v) is 9.30. The number of aryl methyl sites for hydroxylation is 1. The molecule has 0 aliphatic heterocycles. The summed E-state index contributed by atoms with van der Waals surface area (Å²) in [5.41, 5.74) is 2.61. The molecule has 0 aliphatic carbocycles. The first-order valence-electron chi connectivity index (χ1n) is 9.30. The fraction of sp³-hybridized carbons (Fsp3) is 0.318. The van der Waals surface area contributed by atoms with Gasteiger partial charge in [-0.2, -0.15) is 0 Å². The molecule has 0 saturated heterocycles.